The molecular formula is C21H27N5O3S. The van der Waals surface area contributed by atoms with Crippen LogP contribution in [0, 0.1) is 0 Å². The molecule has 0 unspecified atom stereocenters. The summed E-state index contributed by atoms with van der Waals surface area (Å²) in [6, 6.07) is 10.5. The smallest absolute Gasteiger partial charge is 0.412 e. The van der Waals surface area contributed by atoms with Crippen LogP contribution in [0.15, 0.2) is 35.7 Å². The number of anilines is 2. The van der Waals surface area contributed by atoms with Gasteiger partial charge < -0.3 is 14.4 Å². The second-order valence-corrected chi connectivity index (χ2v) is 8.20. The summed E-state index contributed by atoms with van der Waals surface area (Å²) in [5, 5.41) is 10.3. The standard InChI is InChI=1S/C21H27N5O3S/c1-24-20(15-19(23-24)22-21(27)28-2)29-13-4-8-25-9-11-26(12-10-25)17-5-3-6-18-16(17)7-14-30-18/h3,5-7,14-15H,4,8-13H2,1-2H3,(H,22,23,27). The number of hydrogen-bond donors (Lipinski definition) is 1. The Morgan fingerprint density at radius 1 is 1.23 bits per heavy atom. The number of methoxy groups -OCH3 is 1. The van der Waals surface area contributed by atoms with Crippen molar-refractivity contribution in [2.45, 2.75) is 6.42 Å². The van der Waals surface area contributed by atoms with Gasteiger partial charge in [0.1, 0.15) is 0 Å². The molecule has 1 saturated heterocycles. The van der Waals surface area contributed by atoms with Crippen LogP contribution in [0.5, 0.6) is 5.88 Å². The zero-order valence-corrected chi connectivity index (χ0v) is 18.2. The number of carbonyl (C=O) groups is 1. The molecule has 1 aliphatic rings. The third-order valence-electron chi connectivity index (χ3n) is 5.31. The van der Waals surface area contributed by atoms with Crippen LogP contribution >= 0.6 is 11.3 Å². The van der Waals surface area contributed by atoms with Gasteiger partial charge in [0, 0.05) is 61.6 Å². The van der Waals surface area contributed by atoms with Gasteiger partial charge in [-0.3, -0.25) is 10.2 Å². The molecule has 8 nitrogen and oxygen atoms in total. The topological polar surface area (TPSA) is 71.9 Å². The Bertz CT molecular complexity index is 994. The van der Waals surface area contributed by atoms with Gasteiger partial charge in [0.2, 0.25) is 5.88 Å². The Morgan fingerprint density at radius 2 is 2.07 bits per heavy atom. The number of benzene rings is 1. The van der Waals surface area contributed by atoms with E-state index in [0.29, 0.717) is 18.3 Å². The summed E-state index contributed by atoms with van der Waals surface area (Å²) < 4.78 is 13.4. The number of hydrogen-bond acceptors (Lipinski definition) is 7. The van der Waals surface area contributed by atoms with Crippen LogP contribution in [0.3, 0.4) is 0 Å². The van der Waals surface area contributed by atoms with Crippen LogP contribution in [0.2, 0.25) is 0 Å². The van der Waals surface area contributed by atoms with Gasteiger partial charge in [-0.05, 0) is 30.0 Å². The first-order chi connectivity index (χ1) is 14.6. The molecule has 4 rings (SSSR count). The maximum atomic E-state index is 11.3. The first-order valence-electron chi connectivity index (χ1n) is 10.1. The Hall–Kier alpha value is -2.78. The van der Waals surface area contributed by atoms with Crippen LogP contribution in [0.4, 0.5) is 16.3 Å². The Morgan fingerprint density at radius 3 is 2.87 bits per heavy atom. The average molecular weight is 430 g/mol. The third-order valence-corrected chi connectivity index (χ3v) is 6.19. The maximum Gasteiger partial charge on any atom is 0.412 e. The van der Waals surface area contributed by atoms with E-state index < -0.39 is 6.09 Å². The quantitative estimate of drug-likeness (QED) is 0.581. The summed E-state index contributed by atoms with van der Waals surface area (Å²) in [6.07, 6.45) is 0.388. The van der Waals surface area contributed by atoms with Crippen molar-refractivity contribution in [2.24, 2.45) is 7.05 Å². The van der Waals surface area contributed by atoms with E-state index in [1.807, 2.05) is 0 Å². The normalized spacial score (nSPS) is 14.8. The molecule has 0 radical (unpaired) electrons. The Kier molecular flexibility index (Phi) is 6.39. The summed E-state index contributed by atoms with van der Waals surface area (Å²) in [6.45, 7) is 5.80. The SMILES string of the molecule is COC(=O)Nc1cc(OCCCN2CCN(c3cccc4sccc34)CC2)n(C)n1. The fourth-order valence-corrected chi connectivity index (χ4v) is 4.54. The highest BCUT2D eigenvalue weighted by Crippen LogP contribution is 2.31. The van der Waals surface area contributed by atoms with E-state index in [0.717, 1.165) is 39.1 Å². The maximum absolute atomic E-state index is 11.3. The highest BCUT2D eigenvalue weighted by atomic mass is 32.1. The van der Waals surface area contributed by atoms with Gasteiger partial charge in [0.05, 0.1) is 13.7 Å². The second-order valence-electron chi connectivity index (χ2n) is 7.25. The fourth-order valence-electron chi connectivity index (χ4n) is 3.73. The average Bonchev–Trinajstić information content (AvgIpc) is 3.37. The van der Waals surface area contributed by atoms with Gasteiger partial charge in [0.15, 0.2) is 5.82 Å². The number of ether oxygens (including phenoxy) is 2. The lowest BCUT2D eigenvalue weighted by Gasteiger charge is -2.36. The number of nitrogens with one attached hydrogen (secondary N) is 1. The summed E-state index contributed by atoms with van der Waals surface area (Å²) in [7, 11) is 3.10. The molecule has 160 valence electrons. The number of thiophene rings is 1. The summed E-state index contributed by atoms with van der Waals surface area (Å²) in [5.41, 5.74) is 1.35. The number of amides is 1. The summed E-state index contributed by atoms with van der Waals surface area (Å²) >= 11 is 1.80. The molecule has 1 aromatic carbocycles. The van der Waals surface area contributed by atoms with Crippen LogP contribution in [0.25, 0.3) is 10.1 Å². The number of nitrogens with zero attached hydrogens (tertiary/aromatic N) is 4. The van der Waals surface area contributed by atoms with Crippen molar-refractivity contribution >= 4 is 39.0 Å². The lowest BCUT2D eigenvalue weighted by molar-refractivity contribution is 0.187. The second kappa shape index (κ2) is 9.36. The molecule has 0 atom stereocenters. The van der Waals surface area contributed by atoms with E-state index in [1.54, 1.807) is 29.1 Å². The van der Waals surface area contributed by atoms with Gasteiger partial charge in [-0.25, -0.2) is 9.48 Å². The number of carbonyl (C=O) groups excluding carboxylic acids is 1. The molecule has 0 aliphatic carbocycles. The minimum Gasteiger partial charge on any atom is -0.478 e. The minimum absolute atomic E-state index is 0.413. The monoisotopic (exact) mass is 429 g/mol. The molecule has 3 aromatic rings. The molecule has 1 fully saturated rings. The predicted octanol–water partition coefficient (Wildman–Crippen LogP) is 3.40. The number of rotatable bonds is 7. The lowest BCUT2D eigenvalue weighted by Crippen LogP contribution is -2.46. The van der Waals surface area contributed by atoms with Crippen molar-refractivity contribution < 1.29 is 14.3 Å². The summed E-state index contributed by atoms with van der Waals surface area (Å²) in [4.78, 5) is 16.3. The van der Waals surface area contributed by atoms with E-state index >= 15 is 0 Å². The fraction of sp³-hybridized carbons (Fsp3) is 0.429. The van der Waals surface area contributed by atoms with Crippen LogP contribution in [-0.2, 0) is 11.8 Å². The van der Waals surface area contributed by atoms with Gasteiger partial charge in [-0.1, -0.05) is 6.07 Å². The molecule has 1 aliphatic heterocycles. The van der Waals surface area contributed by atoms with E-state index in [2.05, 4.69) is 54.6 Å². The number of aromatic nitrogens is 2. The highest BCUT2D eigenvalue weighted by molar-refractivity contribution is 7.17. The van der Waals surface area contributed by atoms with Gasteiger partial charge >= 0.3 is 6.09 Å². The van der Waals surface area contributed by atoms with Gasteiger partial charge in [-0.2, -0.15) is 5.10 Å². The van der Waals surface area contributed by atoms with E-state index in [-0.39, 0.29) is 0 Å². The molecular weight excluding hydrogens is 402 g/mol. The molecule has 0 bridgehead atoms. The largest absolute Gasteiger partial charge is 0.478 e. The molecule has 30 heavy (non-hydrogen) atoms. The Labute approximate surface area is 180 Å². The molecule has 1 amide bonds. The molecule has 0 saturated carbocycles. The van der Waals surface area contributed by atoms with Crippen molar-refractivity contribution in [3.8, 4) is 5.88 Å². The van der Waals surface area contributed by atoms with Crippen LogP contribution < -0.4 is 15.0 Å². The molecule has 1 N–H and O–H groups in total. The zero-order chi connectivity index (χ0) is 20.9. The van der Waals surface area contributed by atoms with Crippen molar-refractivity contribution in [3.05, 3.63) is 35.7 Å². The van der Waals surface area contributed by atoms with Crippen molar-refractivity contribution in [2.75, 3.05) is 56.7 Å². The minimum atomic E-state index is -0.547. The van der Waals surface area contributed by atoms with E-state index in [4.69, 9.17) is 4.74 Å². The first-order valence-corrected chi connectivity index (χ1v) is 11.0. The molecule has 2 aromatic heterocycles. The first kappa shape index (κ1) is 20.5. The zero-order valence-electron chi connectivity index (χ0n) is 17.3. The highest BCUT2D eigenvalue weighted by Gasteiger charge is 2.18. The third kappa shape index (κ3) is 4.68. The van der Waals surface area contributed by atoms with Gasteiger partial charge in [0.25, 0.3) is 0 Å². The molecule has 3 heterocycles. The van der Waals surface area contributed by atoms with Crippen molar-refractivity contribution in [1.29, 1.82) is 0 Å². The Balaban J connectivity index is 1.20. The van der Waals surface area contributed by atoms with Crippen LogP contribution in [0.1, 0.15) is 6.42 Å². The van der Waals surface area contributed by atoms with Crippen molar-refractivity contribution in [3.63, 3.8) is 0 Å². The van der Waals surface area contributed by atoms with Crippen molar-refractivity contribution in [1.82, 2.24) is 14.7 Å². The molecule has 9 heteroatoms. The molecule has 0 spiro atoms. The van der Waals surface area contributed by atoms with Gasteiger partial charge in [-0.15, -0.1) is 11.3 Å². The van der Waals surface area contributed by atoms with E-state index in [9.17, 15) is 4.79 Å². The number of piperazine rings is 1. The number of aryl methyl sites for hydroxylation is 1. The summed E-state index contributed by atoms with van der Waals surface area (Å²) in [5.74, 6) is 1.03. The van der Waals surface area contributed by atoms with E-state index in [1.165, 1.54) is 22.9 Å². The number of fused-ring (bicyclic) bond motifs is 1. The predicted molar refractivity (Wildman–Crippen MR) is 120 cm³/mol. The van der Waals surface area contributed by atoms with Crippen LogP contribution in [-0.4, -0.2) is 67.2 Å². The lowest BCUT2D eigenvalue weighted by atomic mass is 10.2.